The van der Waals surface area contributed by atoms with Gasteiger partial charge in [0.15, 0.2) is 0 Å². The van der Waals surface area contributed by atoms with Crippen LogP contribution in [-0.4, -0.2) is 18.0 Å². The minimum Gasteiger partial charge on any atom is -0.323 e. The zero-order chi connectivity index (χ0) is 13.8. The molecule has 2 N–H and O–H groups in total. The first-order chi connectivity index (χ1) is 9.06. The Kier molecular flexibility index (Phi) is 5.08. The lowest BCUT2D eigenvalue weighted by molar-refractivity contribution is -0.117. The zero-order valence-electron chi connectivity index (χ0n) is 10.9. The summed E-state index contributed by atoms with van der Waals surface area (Å²) in [6.07, 6.45) is 4.78. The van der Waals surface area contributed by atoms with Crippen LogP contribution in [0.5, 0.6) is 0 Å². The first-order valence-corrected chi connectivity index (χ1v) is 7.34. The van der Waals surface area contributed by atoms with E-state index in [1.165, 1.54) is 12.8 Å². The van der Waals surface area contributed by atoms with E-state index in [0.717, 1.165) is 12.8 Å². The highest BCUT2D eigenvalue weighted by atomic mass is 35.5. The van der Waals surface area contributed by atoms with E-state index in [0.29, 0.717) is 21.8 Å². The van der Waals surface area contributed by atoms with Crippen molar-refractivity contribution in [3.05, 3.63) is 28.2 Å². The van der Waals surface area contributed by atoms with Crippen molar-refractivity contribution in [2.45, 2.75) is 44.7 Å². The molecule has 2 rings (SSSR count). The number of hydrogen-bond acceptors (Lipinski definition) is 2. The summed E-state index contributed by atoms with van der Waals surface area (Å²) in [4.78, 5) is 12.1. The average molecular weight is 301 g/mol. The molecule has 0 aliphatic heterocycles. The third-order valence-electron chi connectivity index (χ3n) is 3.42. The molecule has 1 amide bonds. The number of benzene rings is 1. The first-order valence-electron chi connectivity index (χ1n) is 6.58. The van der Waals surface area contributed by atoms with E-state index in [2.05, 4.69) is 10.6 Å². The summed E-state index contributed by atoms with van der Waals surface area (Å²) in [5.74, 6) is -0.0870. The molecule has 3 nitrogen and oxygen atoms in total. The highest BCUT2D eigenvalue weighted by Crippen LogP contribution is 2.25. The van der Waals surface area contributed by atoms with Gasteiger partial charge in [0, 0.05) is 11.1 Å². The Morgan fingerprint density at radius 2 is 2.00 bits per heavy atom. The van der Waals surface area contributed by atoms with Gasteiger partial charge < -0.3 is 10.6 Å². The second-order valence-electron chi connectivity index (χ2n) is 4.98. The van der Waals surface area contributed by atoms with Crippen LogP contribution in [0.1, 0.15) is 32.6 Å². The van der Waals surface area contributed by atoms with E-state index in [4.69, 9.17) is 23.2 Å². The van der Waals surface area contributed by atoms with Crippen LogP contribution in [-0.2, 0) is 4.79 Å². The number of hydrogen-bond donors (Lipinski definition) is 2. The lowest BCUT2D eigenvalue weighted by atomic mass is 10.2. The fourth-order valence-corrected chi connectivity index (χ4v) is 2.69. The van der Waals surface area contributed by atoms with Gasteiger partial charge in [-0.15, -0.1) is 0 Å². The first kappa shape index (κ1) is 14.6. The molecule has 104 valence electrons. The van der Waals surface area contributed by atoms with Crippen molar-refractivity contribution in [3.8, 4) is 0 Å². The van der Waals surface area contributed by atoms with E-state index in [9.17, 15) is 4.79 Å². The van der Waals surface area contributed by atoms with Gasteiger partial charge in [0.2, 0.25) is 5.91 Å². The van der Waals surface area contributed by atoms with E-state index in [1.54, 1.807) is 18.2 Å². The highest BCUT2D eigenvalue weighted by molar-refractivity contribution is 6.35. The molecule has 0 bridgehead atoms. The maximum atomic E-state index is 12.1. The molecule has 1 aromatic rings. The van der Waals surface area contributed by atoms with Crippen LogP contribution in [0.15, 0.2) is 18.2 Å². The molecule has 0 radical (unpaired) electrons. The third kappa shape index (κ3) is 4.10. The summed E-state index contributed by atoms with van der Waals surface area (Å²) in [5.41, 5.74) is 0.555. The Hall–Kier alpha value is -0.770. The predicted molar refractivity (Wildman–Crippen MR) is 79.9 cm³/mol. The quantitative estimate of drug-likeness (QED) is 0.887. The van der Waals surface area contributed by atoms with Crippen LogP contribution in [0.2, 0.25) is 10.0 Å². The summed E-state index contributed by atoms with van der Waals surface area (Å²) in [5, 5.41) is 7.20. The topological polar surface area (TPSA) is 41.1 Å². The van der Waals surface area contributed by atoms with Crippen molar-refractivity contribution < 1.29 is 4.79 Å². The van der Waals surface area contributed by atoms with Gasteiger partial charge in [-0.2, -0.15) is 0 Å². The van der Waals surface area contributed by atoms with Crippen molar-refractivity contribution in [3.63, 3.8) is 0 Å². The molecule has 0 unspecified atom stereocenters. The summed E-state index contributed by atoms with van der Waals surface area (Å²) >= 11 is 11.9. The van der Waals surface area contributed by atoms with Crippen LogP contribution in [0.3, 0.4) is 0 Å². The smallest absolute Gasteiger partial charge is 0.241 e. The molecule has 0 saturated heterocycles. The molecule has 1 saturated carbocycles. The fraction of sp³-hybridized carbons (Fsp3) is 0.500. The van der Waals surface area contributed by atoms with Crippen molar-refractivity contribution in [1.82, 2.24) is 5.32 Å². The van der Waals surface area contributed by atoms with Crippen LogP contribution < -0.4 is 10.6 Å². The number of halogens is 2. The van der Waals surface area contributed by atoms with E-state index < -0.39 is 0 Å². The monoisotopic (exact) mass is 300 g/mol. The molecule has 1 fully saturated rings. The van der Waals surface area contributed by atoms with Gasteiger partial charge in [-0.1, -0.05) is 36.0 Å². The summed E-state index contributed by atoms with van der Waals surface area (Å²) in [6.45, 7) is 1.87. The van der Waals surface area contributed by atoms with E-state index in [-0.39, 0.29) is 11.9 Å². The number of anilines is 1. The van der Waals surface area contributed by atoms with Gasteiger partial charge in [-0.25, -0.2) is 0 Å². The second-order valence-corrected chi connectivity index (χ2v) is 5.83. The molecule has 0 spiro atoms. The maximum absolute atomic E-state index is 12.1. The van der Waals surface area contributed by atoms with E-state index in [1.807, 2.05) is 6.92 Å². The van der Waals surface area contributed by atoms with Crippen molar-refractivity contribution in [2.24, 2.45) is 0 Å². The summed E-state index contributed by atoms with van der Waals surface area (Å²) in [6, 6.07) is 5.24. The molecule has 1 aromatic carbocycles. The van der Waals surface area contributed by atoms with Crippen LogP contribution in [0.4, 0.5) is 5.69 Å². The van der Waals surface area contributed by atoms with E-state index >= 15 is 0 Å². The average Bonchev–Trinajstić information content (AvgIpc) is 2.86. The minimum absolute atomic E-state index is 0.0870. The van der Waals surface area contributed by atoms with Gasteiger partial charge in [-0.05, 0) is 38.0 Å². The highest BCUT2D eigenvalue weighted by Gasteiger charge is 2.21. The molecule has 1 aliphatic rings. The molecular formula is C14H18Cl2N2O. The Morgan fingerprint density at radius 1 is 1.32 bits per heavy atom. The molecule has 0 aromatic heterocycles. The number of nitrogens with one attached hydrogen (secondary N) is 2. The van der Waals surface area contributed by atoms with Gasteiger partial charge in [0.1, 0.15) is 0 Å². The summed E-state index contributed by atoms with van der Waals surface area (Å²) < 4.78 is 0. The zero-order valence-corrected chi connectivity index (χ0v) is 12.4. The fourth-order valence-electron chi connectivity index (χ4n) is 2.36. The van der Waals surface area contributed by atoms with Crippen molar-refractivity contribution in [2.75, 3.05) is 5.32 Å². The number of amides is 1. The lowest BCUT2D eigenvalue weighted by Gasteiger charge is -2.19. The number of rotatable bonds is 4. The van der Waals surface area contributed by atoms with Crippen LogP contribution in [0.25, 0.3) is 0 Å². The Labute approximate surface area is 123 Å². The van der Waals surface area contributed by atoms with Gasteiger partial charge >= 0.3 is 0 Å². The largest absolute Gasteiger partial charge is 0.323 e. The minimum atomic E-state index is -0.238. The normalized spacial score (nSPS) is 17.4. The Bertz CT molecular complexity index is 459. The number of carbonyl (C=O) groups excluding carboxylic acids is 1. The van der Waals surface area contributed by atoms with Crippen molar-refractivity contribution in [1.29, 1.82) is 0 Å². The van der Waals surface area contributed by atoms with Crippen LogP contribution >= 0.6 is 23.2 Å². The molecule has 1 atom stereocenters. The van der Waals surface area contributed by atoms with Crippen molar-refractivity contribution >= 4 is 34.8 Å². The Balaban J connectivity index is 1.93. The maximum Gasteiger partial charge on any atom is 0.241 e. The van der Waals surface area contributed by atoms with Gasteiger partial charge in [-0.3, -0.25) is 4.79 Å². The number of carbonyl (C=O) groups is 1. The van der Waals surface area contributed by atoms with Gasteiger partial charge in [0.05, 0.1) is 16.8 Å². The standard InChI is InChI=1S/C14H18Cl2N2O/c1-9(17-11-4-2-3-5-11)14(19)18-13-8-10(15)6-7-12(13)16/h6-9,11,17H,2-5H2,1H3,(H,18,19)/t9-/m0/s1. The van der Waals surface area contributed by atoms with Crippen LogP contribution in [0, 0.1) is 0 Å². The summed E-state index contributed by atoms with van der Waals surface area (Å²) in [7, 11) is 0. The third-order valence-corrected chi connectivity index (χ3v) is 3.99. The molecule has 1 aliphatic carbocycles. The SMILES string of the molecule is C[C@H](NC1CCCC1)C(=O)Nc1cc(Cl)ccc1Cl. The molecule has 0 heterocycles. The Morgan fingerprint density at radius 3 is 2.68 bits per heavy atom. The van der Waals surface area contributed by atoms with Gasteiger partial charge in [0.25, 0.3) is 0 Å². The molecular weight excluding hydrogens is 283 g/mol. The molecule has 19 heavy (non-hydrogen) atoms. The predicted octanol–water partition coefficient (Wildman–Crippen LogP) is 3.85. The second kappa shape index (κ2) is 6.60. The molecule has 5 heteroatoms. The lowest BCUT2D eigenvalue weighted by Crippen LogP contribution is -2.42.